The van der Waals surface area contributed by atoms with Crippen LogP contribution in [0.3, 0.4) is 0 Å². The fourth-order valence-corrected chi connectivity index (χ4v) is 2.92. The zero-order chi connectivity index (χ0) is 17.0. The number of aryl methyl sites for hydroxylation is 1. The molecule has 0 atom stereocenters. The third-order valence-corrected chi connectivity index (χ3v) is 4.44. The van der Waals surface area contributed by atoms with E-state index in [4.69, 9.17) is 4.74 Å². The van der Waals surface area contributed by atoms with Crippen molar-refractivity contribution in [1.82, 2.24) is 4.98 Å². The van der Waals surface area contributed by atoms with Crippen LogP contribution < -0.4 is 4.74 Å². The number of rotatable bonds is 6. The Morgan fingerprint density at radius 2 is 1.91 bits per heavy atom. The lowest BCUT2D eigenvalue weighted by Gasteiger charge is -2.30. The van der Waals surface area contributed by atoms with E-state index in [0.29, 0.717) is 24.3 Å². The average molecular weight is 315 g/mol. The van der Waals surface area contributed by atoms with Gasteiger partial charge in [0, 0.05) is 11.8 Å². The summed E-state index contributed by atoms with van der Waals surface area (Å²) >= 11 is 0. The van der Waals surface area contributed by atoms with Gasteiger partial charge in [0.25, 0.3) is 0 Å². The molecule has 0 fully saturated rings. The van der Waals surface area contributed by atoms with Crippen LogP contribution in [-0.2, 0) is 5.41 Å². The molecule has 0 aliphatic carbocycles. The minimum absolute atomic E-state index is 0.0813. The van der Waals surface area contributed by atoms with Gasteiger partial charge in [0.1, 0.15) is 11.6 Å². The molecule has 0 aliphatic rings. The molecular formula is C19H22FNO2. The van der Waals surface area contributed by atoms with Crippen LogP contribution >= 0.6 is 0 Å². The Labute approximate surface area is 136 Å². The van der Waals surface area contributed by atoms with Gasteiger partial charge in [-0.1, -0.05) is 19.9 Å². The number of methoxy groups -OCH3 is 1. The second kappa shape index (κ2) is 6.90. The van der Waals surface area contributed by atoms with E-state index in [2.05, 4.69) is 4.98 Å². The number of hydrogen-bond acceptors (Lipinski definition) is 3. The van der Waals surface area contributed by atoms with Crippen molar-refractivity contribution >= 4 is 5.78 Å². The van der Waals surface area contributed by atoms with Gasteiger partial charge in [-0.3, -0.25) is 9.78 Å². The topological polar surface area (TPSA) is 39.2 Å². The van der Waals surface area contributed by atoms with Crippen molar-refractivity contribution in [1.29, 1.82) is 0 Å². The van der Waals surface area contributed by atoms with Gasteiger partial charge in [0.2, 0.25) is 0 Å². The molecule has 0 unspecified atom stereocenters. The first-order chi connectivity index (χ1) is 11.0. The van der Waals surface area contributed by atoms with E-state index in [1.807, 2.05) is 39.0 Å². The SMILES string of the molecule is CCC(CC)(C(=O)c1ccc(OC)cc1F)c1cccc(C)n1. The van der Waals surface area contributed by atoms with Crippen molar-refractivity contribution in [2.75, 3.05) is 7.11 Å². The molecule has 0 aliphatic heterocycles. The number of nitrogens with zero attached hydrogens (tertiary/aromatic N) is 1. The van der Waals surface area contributed by atoms with Crippen molar-refractivity contribution in [2.24, 2.45) is 0 Å². The molecule has 0 amide bonds. The molecule has 23 heavy (non-hydrogen) atoms. The van der Waals surface area contributed by atoms with Crippen LogP contribution in [0.1, 0.15) is 48.4 Å². The molecule has 2 rings (SSSR count). The number of carbonyl (C=O) groups excluding carboxylic acids is 1. The molecule has 0 spiro atoms. The summed E-state index contributed by atoms with van der Waals surface area (Å²) in [6.07, 6.45) is 1.12. The van der Waals surface area contributed by atoms with Gasteiger partial charge in [-0.05, 0) is 44.0 Å². The summed E-state index contributed by atoms with van der Waals surface area (Å²) in [5.41, 5.74) is 0.804. The zero-order valence-corrected chi connectivity index (χ0v) is 14.0. The molecular weight excluding hydrogens is 293 g/mol. The summed E-state index contributed by atoms with van der Waals surface area (Å²) in [6.45, 7) is 5.76. The highest BCUT2D eigenvalue weighted by Crippen LogP contribution is 2.35. The van der Waals surface area contributed by atoms with Gasteiger partial charge in [-0.15, -0.1) is 0 Å². The Hall–Kier alpha value is -2.23. The third kappa shape index (κ3) is 3.11. The minimum atomic E-state index is -0.818. The second-order valence-electron chi connectivity index (χ2n) is 5.63. The van der Waals surface area contributed by atoms with Gasteiger partial charge in [-0.25, -0.2) is 4.39 Å². The standard InChI is InChI=1S/C19H22FNO2/c1-5-19(6-2,17-9-7-8-13(3)21-17)18(22)15-11-10-14(23-4)12-16(15)20/h7-12H,5-6H2,1-4H3. The van der Waals surface area contributed by atoms with Crippen LogP contribution in [0.5, 0.6) is 5.75 Å². The van der Waals surface area contributed by atoms with Gasteiger partial charge >= 0.3 is 0 Å². The predicted molar refractivity (Wildman–Crippen MR) is 88.5 cm³/mol. The fourth-order valence-electron chi connectivity index (χ4n) is 2.92. The summed E-state index contributed by atoms with van der Waals surface area (Å²) in [6, 6.07) is 9.96. The molecule has 122 valence electrons. The van der Waals surface area contributed by atoms with Gasteiger partial charge < -0.3 is 4.74 Å². The number of ether oxygens (including phenoxy) is 1. The highest BCUT2D eigenvalue weighted by atomic mass is 19.1. The largest absolute Gasteiger partial charge is 0.497 e. The number of benzene rings is 1. The van der Waals surface area contributed by atoms with Crippen LogP contribution in [-0.4, -0.2) is 17.9 Å². The van der Waals surface area contributed by atoms with Crippen molar-refractivity contribution in [3.8, 4) is 5.75 Å². The number of halogens is 1. The molecule has 2 aromatic rings. The smallest absolute Gasteiger partial charge is 0.177 e. The van der Waals surface area contributed by atoms with Crippen LogP contribution in [0.2, 0.25) is 0 Å². The summed E-state index contributed by atoms with van der Waals surface area (Å²) in [5, 5.41) is 0. The number of aromatic nitrogens is 1. The van der Waals surface area contributed by atoms with E-state index in [-0.39, 0.29) is 11.3 Å². The van der Waals surface area contributed by atoms with Crippen molar-refractivity contribution in [3.63, 3.8) is 0 Å². The monoisotopic (exact) mass is 315 g/mol. The maximum Gasteiger partial charge on any atom is 0.177 e. The van der Waals surface area contributed by atoms with E-state index in [1.54, 1.807) is 6.07 Å². The molecule has 1 aromatic carbocycles. The van der Waals surface area contributed by atoms with Crippen LogP contribution in [0.25, 0.3) is 0 Å². The first-order valence-electron chi connectivity index (χ1n) is 7.81. The van der Waals surface area contributed by atoms with Gasteiger partial charge in [0.05, 0.1) is 23.8 Å². The highest BCUT2D eigenvalue weighted by Gasteiger charge is 2.39. The van der Waals surface area contributed by atoms with Crippen LogP contribution in [0.15, 0.2) is 36.4 Å². The quantitative estimate of drug-likeness (QED) is 0.738. The summed E-state index contributed by atoms with van der Waals surface area (Å²) < 4.78 is 19.4. The Morgan fingerprint density at radius 1 is 1.22 bits per heavy atom. The first kappa shape index (κ1) is 17.1. The molecule has 3 nitrogen and oxygen atoms in total. The van der Waals surface area contributed by atoms with Gasteiger partial charge in [0.15, 0.2) is 5.78 Å². The molecule has 0 bridgehead atoms. The predicted octanol–water partition coefficient (Wildman–Crippen LogP) is 4.48. The fraction of sp³-hybridized carbons (Fsp3) is 0.368. The molecule has 0 radical (unpaired) electrons. The van der Waals surface area contributed by atoms with Crippen LogP contribution in [0, 0.1) is 12.7 Å². The van der Waals surface area contributed by atoms with E-state index in [1.165, 1.54) is 19.2 Å². The van der Waals surface area contributed by atoms with Crippen molar-refractivity contribution < 1.29 is 13.9 Å². The van der Waals surface area contributed by atoms with Crippen LogP contribution in [0.4, 0.5) is 4.39 Å². The number of ketones is 1. The van der Waals surface area contributed by atoms with Crippen molar-refractivity contribution in [3.05, 3.63) is 59.2 Å². The third-order valence-electron chi connectivity index (χ3n) is 4.44. The Balaban J connectivity index is 2.55. The van der Waals surface area contributed by atoms with E-state index in [9.17, 15) is 9.18 Å². The minimum Gasteiger partial charge on any atom is -0.497 e. The average Bonchev–Trinajstić information content (AvgIpc) is 2.56. The molecule has 0 N–H and O–H groups in total. The number of Topliss-reactive ketones (excluding diaryl/α,β-unsaturated/α-hetero) is 1. The summed E-state index contributed by atoms with van der Waals surface area (Å²) in [7, 11) is 1.47. The molecule has 1 aromatic heterocycles. The van der Waals surface area contributed by atoms with E-state index >= 15 is 0 Å². The number of pyridine rings is 1. The van der Waals surface area contributed by atoms with Gasteiger partial charge in [-0.2, -0.15) is 0 Å². The molecule has 0 saturated heterocycles. The highest BCUT2D eigenvalue weighted by molar-refractivity contribution is 6.04. The normalized spacial score (nSPS) is 11.3. The number of hydrogen-bond donors (Lipinski definition) is 0. The molecule has 4 heteroatoms. The zero-order valence-electron chi connectivity index (χ0n) is 14.0. The Kier molecular flexibility index (Phi) is 5.14. The maximum atomic E-state index is 14.4. The Morgan fingerprint density at radius 3 is 2.43 bits per heavy atom. The first-order valence-corrected chi connectivity index (χ1v) is 7.81. The lowest BCUT2D eigenvalue weighted by atomic mass is 9.72. The Bertz CT molecular complexity index is 708. The lowest BCUT2D eigenvalue weighted by molar-refractivity contribution is 0.0864. The molecule has 1 heterocycles. The van der Waals surface area contributed by atoms with E-state index in [0.717, 1.165) is 5.69 Å². The number of carbonyl (C=O) groups is 1. The summed E-state index contributed by atoms with van der Waals surface area (Å²) in [5.74, 6) is -0.402. The lowest BCUT2D eigenvalue weighted by Crippen LogP contribution is -2.36. The summed E-state index contributed by atoms with van der Waals surface area (Å²) in [4.78, 5) is 17.7. The second-order valence-corrected chi connectivity index (χ2v) is 5.63. The van der Waals surface area contributed by atoms with Crippen molar-refractivity contribution in [2.45, 2.75) is 39.0 Å². The molecule has 0 saturated carbocycles. The van der Waals surface area contributed by atoms with E-state index < -0.39 is 11.2 Å². The maximum absolute atomic E-state index is 14.4.